The number of ether oxygens (including phenoxy) is 2. The molecule has 2 heterocycles. The van der Waals surface area contributed by atoms with Crippen LogP contribution in [0.15, 0.2) is 42.5 Å². The maximum absolute atomic E-state index is 14.6. The summed E-state index contributed by atoms with van der Waals surface area (Å²) in [6.07, 6.45) is 3.04. The second-order valence-corrected chi connectivity index (χ2v) is 12.6. The molecule has 2 saturated carbocycles. The molecule has 2 aromatic heterocycles. The number of hydrogen-bond acceptors (Lipinski definition) is 7. The molecule has 0 bridgehead atoms. The molecule has 4 N–H and O–H groups in total. The zero-order valence-electron chi connectivity index (χ0n) is 25.3. The highest BCUT2D eigenvalue weighted by molar-refractivity contribution is 6.33. The van der Waals surface area contributed by atoms with E-state index in [2.05, 4.69) is 10.3 Å². The molecule has 6 rings (SSSR count). The van der Waals surface area contributed by atoms with Crippen LogP contribution in [0.2, 0.25) is 10.2 Å². The molecule has 0 saturated heterocycles. The van der Waals surface area contributed by atoms with E-state index in [1.165, 1.54) is 12.1 Å². The minimum Gasteiger partial charge on any atom is -0.491 e. The number of nitrogens with two attached hydrogens (primary N) is 1. The number of fused-ring (bicyclic) bond motifs is 1. The summed E-state index contributed by atoms with van der Waals surface area (Å²) >= 11 is 12.7. The number of carbonyl (C=O) groups is 2. The van der Waals surface area contributed by atoms with Crippen LogP contribution >= 0.6 is 23.2 Å². The molecular formula is C34H33Cl2FN4O5. The number of amides is 2. The van der Waals surface area contributed by atoms with E-state index in [1.807, 2.05) is 13.0 Å². The Morgan fingerprint density at radius 2 is 1.89 bits per heavy atom. The van der Waals surface area contributed by atoms with Crippen LogP contribution in [-0.4, -0.2) is 46.1 Å². The van der Waals surface area contributed by atoms with E-state index >= 15 is 0 Å². The molecule has 2 aliphatic carbocycles. The summed E-state index contributed by atoms with van der Waals surface area (Å²) in [7, 11) is 0. The van der Waals surface area contributed by atoms with Gasteiger partial charge in [0.2, 0.25) is 5.91 Å². The summed E-state index contributed by atoms with van der Waals surface area (Å²) in [4.78, 5) is 35.0. The Labute approximate surface area is 275 Å². The molecule has 2 amide bonds. The average molecular weight is 668 g/mol. The van der Waals surface area contributed by atoms with Crippen LogP contribution in [0.1, 0.15) is 59.8 Å². The summed E-state index contributed by atoms with van der Waals surface area (Å²) < 4.78 is 26.6. The lowest BCUT2D eigenvalue weighted by Gasteiger charge is -2.30. The zero-order chi connectivity index (χ0) is 32.7. The van der Waals surface area contributed by atoms with Gasteiger partial charge in [0.15, 0.2) is 0 Å². The molecule has 9 nitrogen and oxygen atoms in total. The number of aliphatic hydroxyl groups is 1. The van der Waals surface area contributed by atoms with Gasteiger partial charge in [0.05, 0.1) is 36.4 Å². The van der Waals surface area contributed by atoms with Crippen molar-refractivity contribution in [3.05, 3.63) is 80.8 Å². The first-order valence-corrected chi connectivity index (χ1v) is 15.9. The first-order chi connectivity index (χ1) is 22.0. The SMILES string of the molecule is CCOc1c(CC(N)=O)cc([C@@](O)(CNC(=O)c2cc(OC3CC3)c3nc(Cl)c(C)cc3c2)C2CC2)nc1-c1cccc(F)c1Cl. The molecule has 0 unspecified atom stereocenters. The van der Waals surface area contributed by atoms with Gasteiger partial charge < -0.3 is 25.6 Å². The minimum atomic E-state index is -1.64. The van der Waals surface area contributed by atoms with Gasteiger partial charge in [0, 0.05) is 22.1 Å². The summed E-state index contributed by atoms with van der Waals surface area (Å²) in [5.74, 6) is -1.30. The van der Waals surface area contributed by atoms with Crippen LogP contribution in [0.3, 0.4) is 0 Å². The van der Waals surface area contributed by atoms with Crippen LogP contribution < -0.4 is 20.5 Å². The van der Waals surface area contributed by atoms with Gasteiger partial charge in [-0.2, -0.15) is 0 Å². The van der Waals surface area contributed by atoms with Crippen molar-refractivity contribution in [2.45, 2.75) is 57.7 Å². The Kier molecular flexibility index (Phi) is 8.80. The lowest BCUT2D eigenvalue weighted by Crippen LogP contribution is -2.43. The maximum atomic E-state index is 14.6. The fraction of sp³-hybridized carbons (Fsp3) is 0.353. The van der Waals surface area contributed by atoms with Crippen molar-refractivity contribution >= 4 is 45.9 Å². The van der Waals surface area contributed by atoms with E-state index < -0.39 is 23.2 Å². The summed E-state index contributed by atoms with van der Waals surface area (Å²) in [5.41, 5.74) is 6.51. The number of nitrogens with one attached hydrogen (secondary N) is 1. The molecule has 2 aromatic carbocycles. The monoisotopic (exact) mass is 666 g/mol. The third-order valence-electron chi connectivity index (χ3n) is 8.22. The Bertz CT molecular complexity index is 1860. The number of benzene rings is 2. The highest BCUT2D eigenvalue weighted by Gasteiger charge is 2.47. The highest BCUT2D eigenvalue weighted by atomic mass is 35.5. The van der Waals surface area contributed by atoms with Gasteiger partial charge in [-0.3, -0.25) is 9.59 Å². The molecular weight excluding hydrogens is 634 g/mol. The number of carbonyl (C=O) groups excluding carboxylic acids is 2. The van der Waals surface area contributed by atoms with Crippen molar-refractivity contribution in [2.24, 2.45) is 11.7 Å². The van der Waals surface area contributed by atoms with Crippen molar-refractivity contribution < 1.29 is 28.6 Å². The summed E-state index contributed by atoms with van der Waals surface area (Å²) in [6.45, 7) is 3.61. The second-order valence-electron chi connectivity index (χ2n) is 11.9. The number of nitrogens with zero attached hydrogens (tertiary/aromatic N) is 2. The van der Waals surface area contributed by atoms with Crippen LogP contribution in [0.25, 0.3) is 22.2 Å². The quantitative estimate of drug-likeness (QED) is 0.157. The lowest BCUT2D eigenvalue weighted by atomic mass is 9.90. The Balaban J connectivity index is 1.38. The van der Waals surface area contributed by atoms with Crippen molar-refractivity contribution in [2.75, 3.05) is 13.2 Å². The lowest BCUT2D eigenvalue weighted by molar-refractivity contribution is -0.117. The Hall–Kier alpha value is -3.99. The van der Waals surface area contributed by atoms with E-state index in [1.54, 1.807) is 31.2 Å². The third-order valence-corrected chi connectivity index (χ3v) is 8.98. The van der Waals surface area contributed by atoms with Gasteiger partial charge in [-0.25, -0.2) is 14.4 Å². The molecule has 2 fully saturated rings. The molecule has 4 aromatic rings. The van der Waals surface area contributed by atoms with Crippen molar-refractivity contribution in [3.63, 3.8) is 0 Å². The van der Waals surface area contributed by atoms with Gasteiger partial charge in [-0.05, 0) is 81.3 Å². The van der Waals surface area contributed by atoms with Crippen LogP contribution in [0.5, 0.6) is 11.5 Å². The van der Waals surface area contributed by atoms with Crippen LogP contribution in [0, 0.1) is 18.7 Å². The number of pyridine rings is 2. The number of aryl methyl sites for hydroxylation is 1. The van der Waals surface area contributed by atoms with Crippen LogP contribution in [-0.2, 0) is 16.8 Å². The van der Waals surface area contributed by atoms with E-state index in [0.717, 1.165) is 18.4 Å². The van der Waals surface area contributed by atoms with Gasteiger partial charge in [-0.1, -0.05) is 35.3 Å². The molecule has 0 spiro atoms. The number of aromatic nitrogens is 2. The smallest absolute Gasteiger partial charge is 0.251 e. The largest absolute Gasteiger partial charge is 0.491 e. The van der Waals surface area contributed by atoms with Crippen molar-refractivity contribution in [3.8, 4) is 22.8 Å². The molecule has 240 valence electrons. The van der Waals surface area contributed by atoms with Crippen LogP contribution in [0.4, 0.5) is 4.39 Å². The van der Waals surface area contributed by atoms with Gasteiger partial charge in [0.1, 0.15) is 39.3 Å². The molecule has 0 radical (unpaired) electrons. The number of hydrogen-bond donors (Lipinski definition) is 3. The number of primary amides is 1. The third kappa shape index (κ3) is 6.47. The molecule has 46 heavy (non-hydrogen) atoms. The average Bonchev–Trinajstić information content (AvgIpc) is 3.94. The topological polar surface area (TPSA) is 137 Å². The summed E-state index contributed by atoms with van der Waals surface area (Å²) in [6, 6.07) is 11.0. The van der Waals surface area contributed by atoms with Gasteiger partial charge in [0.25, 0.3) is 5.91 Å². The van der Waals surface area contributed by atoms with Crippen molar-refractivity contribution in [1.29, 1.82) is 0 Å². The highest BCUT2D eigenvalue weighted by Crippen LogP contribution is 2.47. The van der Waals surface area contributed by atoms with Crippen molar-refractivity contribution in [1.82, 2.24) is 15.3 Å². The maximum Gasteiger partial charge on any atom is 0.251 e. The Morgan fingerprint density at radius 3 is 2.57 bits per heavy atom. The summed E-state index contributed by atoms with van der Waals surface area (Å²) in [5, 5.41) is 16.0. The second kappa shape index (κ2) is 12.7. The van der Waals surface area contributed by atoms with E-state index in [-0.39, 0.29) is 59.3 Å². The molecule has 0 aliphatic heterocycles. The predicted octanol–water partition coefficient (Wildman–Crippen LogP) is 6.05. The molecule has 2 aliphatic rings. The Morgan fingerprint density at radius 1 is 1.13 bits per heavy atom. The first kappa shape index (κ1) is 32.0. The zero-order valence-corrected chi connectivity index (χ0v) is 26.8. The van der Waals surface area contributed by atoms with E-state index in [0.29, 0.717) is 45.8 Å². The first-order valence-electron chi connectivity index (χ1n) is 15.2. The molecule has 1 atom stereocenters. The van der Waals surface area contributed by atoms with E-state index in [4.69, 9.17) is 43.4 Å². The van der Waals surface area contributed by atoms with E-state index in [9.17, 15) is 19.1 Å². The van der Waals surface area contributed by atoms with Gasteiger partial charge in [-0.15, -0.1) is 0 Å². The standard InChI is InChI=1S/C34H33Cl2FN4O5/c1-3-45-31-19(15-27(38)42)14-26(40-30(31)23-5-4-6-24(37)28(23)35)34(44,21-7-8-21)16-39-33(43)20-12-18-11-17(2)32(36)41-29(18)25(13-20)46-22-9-10-22/h4-6,11-14,21-22,44H,3,7-10,15-16H2,1-2H3,(H2,38,42)(H,39,43)/t34-/m1/s1. The minimum absolute atomic E-state index is 0.0597. The fourth-order valence-electron chi connectivity index (χ4n) is 5.55. The van der Waals surface area contributed by atoms with Gasteiger partial charge >= 0.3 is 0 Å². The molecule has 12 heteroatoms. The fourth-order valence-corrected chi connectivity index (χ4v) is 5.90. The number of rotatable bonds is 12. The number of halogens is 3. The normalized spacial score (nSPS) is 15.8. The predicted molar refractivity (Wildman–Crippen MR) is 173 cm³/mol.